The highest BCUT2D eigenvalue weighted by molar-refractivity contribution is 9.10. The van der Waals surface area contributed by atoms with E-state index in [0.717, 1.165) is 16.0 Å². The minimum absolute atomic E-state index is 0.623. The summed E-state index contributed by atoms with van der Waals surface area (Å²) in [4.78, 5) is 0. The van der Waals surface area contributed by atoms with Crippen molar-refractivity contribution in [2.75, 3.05) is 0 Å². The zero-order valence-corrected chi connectivity index (χ0v) is 11.8. The number of rotatable bonds is 4. The molecule has 18 heavy (non-hydrogen) atoms. The molecule has 0 atom stereocenters. The van der Waals surface area contributed by atoms with Gasteiger partial charge in [0, 0.05) is 15.5 Å². The van der Waals surface area contributed by atoms with Crippen LogP contribution in [0.1, 0.15) is 18.7 Å². The minimum atomic E-state index is 0.623. The lowest BCUT2D eigenvalue weighted by Crippen LogP contribution is -2.19. The molecule has 1 saturated carbocycles. The Kier molecular flexibility index (Phi) is 3.32. The minimum Gasteiger partial charge on any atom is -0.307 e. The number of hydrogen-bond acceptors (Lipinski definition) is 4. The Hall–Kier alpha value is -0.980. The average molecular weight is 329 g/mol. The summed E-state index contributed by atoms with van der Waals surface area (Å²) in [6.45, 7) is 0.663. The van der Waals surface area contributed by atoms with E-state index in [-0.39, 0.29) is 0 Å². The van der Waals surface area contributed by atoms with Crippen LogP contribution in [0.25, 0.3) is 5.69 Å². The van der Waals surface area contributed by atoms with Gasteiger partial charge in [-0.2, -0.15) is 4.68 Å². The summed E-state index contributed by atoms with van der Waals surface area (Å²) in [5.74, 6) is 0.782. The number of nitrogens with one attached hydrogen (secondary N) is 1. The highest BCUT2D eigenvalue weighted by atomic mass is 79.9. The molecule has 0 amide bonds. The quantitative estimate of drug-likeness (QED) is 0.936. The molecule has 1 N–H and O–H groups in total. The maximum Gasteiger partial charge on any atom is 0.170 e. The van der Waals surface area contributed by atoms with Crippen LogP contribution in [0.5, 0.6) is 0 Å². The van der Waals surface area contributed by atoms with Crippen molar-refractivity contribution in [2.45, 2.75) is 25.4 Å². The Bertz CT molecular complexity index is 566. The molecule has 0 unspecified atom stereocenters. The lowest BCUT2D eigenvalue weighted by Gasteiger charge is -2.07. The lowest BCUT2D eigenvalue weighted by molar-refractivity contribution is 0.637. The molecular formula is C11H11BrClN5. The van der Waals surface area contributed by atoms with Gasteiger partial charge >= 0.3 is 0 Å². The summed E-state index contributed by atoms with van der Waals surface area (Å²) >= 11 is 9.49. The molecule has 0 saturated heterocycles. The SMILES string of the molecule is Clc1ccc(Br)c(-n2nnnc2CNC2CC2)c1. The Morgan fingerprint density at radius 2 is 2.28 bits per heavy atom. The lowest BCUT2D eigenvalue weighted by atomic mass is 10.3. The first kappa shape index (κ1) is 12.1. The Labute approximate surface area is 118 Å². The third-order valence-electron chi connectivity index (χ3n) is 2.80. The zero-order chi connectivity index (χ0) is 12.5. The molecule has 0 radical (unpaired) electrons. The molecule has 1 aliphatic rings. The number of benzene rings is 1. The number of tetrazole rings is 1. The van der Waals surface area contributed by atoms with Gasteiger partial charge in [-0.15, -0.1) is 5.10 Å². The van der Waals surface area contributed by atoms with E-state index in [1.807, 2.05) is 18.2 Å². The fourth-order valence-corrected chi connectivity index (χ4v) is 2.26. The second-order valence-electron chi connectivity index (χ2n) is 4.26. The summed E-state index contributed by atoms with van der Waals surface area (Å²) in [6.07, 6.45) is 2.48. The molecule has 0 bridgehead atoms. The van der Waals surface area contributed by atoms with Crippen LogP contribution >= 0.6 is 27.5 Å². The monoisotopic (exact) mass is 327 g/mol. The summed E-state index contributed by atoms with van der Waals surface area (Å²) in [6, 6.07) is 6.17. The molecule has 0 aliphatic heterocycles. The van der Waals surface area contributed by atoms with E-state index in [4.69, 9.17) is 11.6 Å². The van der Waals surface area contributed by atoms with Crippen LogP contribution in [-0.4, -0.2) is 26.2 Å². The second kappa shape index (κ2) is 4.95. The maximum absolute atomic E-state index is 6.01. The molecule has 1 aliphatic carbocycles. The van der Waals surface area contributed by atoms with Crippen molar-refractivity contribution in [1.82, 2.24) is 25.5 Å². The standard InChI is InChI=1S/C11H11BrClN5/c12-9-4-1-7(13)5-10(9)18-11(15-16-17-18)6-14-8-2-3-8/h1,4-5,8,14H,2-3,6H2. The van der Waals surface area contributed by atoms with E-state index in [1.54, 1.807) is 4.68 Å². The van der Waals surface area contributed by atoms with Gasteiger partial charge in [-0.05, 0) is 57.4 Å². The van der Waals surface area contributed by atoms with E-state index in [2.05, 4.69) is 36.8 Å². The number of hydrogen-bond donors (Lipinski definition) is 1. The molecule has 1 aromatic carbocycles. The van der Waals surface area contributed by atoms with Crippen molar-refractivity contribution in [3.05, 3.63) is 33.5 Å². The Morgan fingerprint density at radius 3 is 3.06 bits per heavy atom. The Balaban J connectivity index is 1.90. The van der Waals surface area contributed by atoms with Crippen molar-refractivity contribution < 1.29 is 0 Å². The third-order valence-corrected chi connectivity index (χ3v) is 3.70. The first-order valence-corrected chi connectivity index (χ1v) is 6.87. The van der Waals surface area contributed by atoms with E-state index in [1.165, 1.54) is 12.8 Å². The first-order valence-electron chi connectivity index (χ1n) is 5.70. The summed E-state index contributed by atoms with van der Waals surface area (Å²) in [5.41, 5.74) is 0.847. The van der Waals surface area contributed by atoms with E-state index < -0.39 is 0 Å². The van der Waals surface area contributed by atoms with Crippen LogP contribution in [0.3, 0.4) is 0 Å². The third kappa shape index (κ3) is 2.55. The predicted octanol–water partition coefficient (Wildman–Crippen LogP) is 2.33. The summed E-state index contributed by atoms with van der Waals surface area (Å²) < 4.78 is 2.61. The van der Waals surface area contributed by atoms with Crippen molar-refractivity contribution in [1.29, 1.82) is 0 Å². The highest BCUT2D eigenvalue weighted by Gasteiger charge is 2.21. The van der Waals surface area contributed by atoms with Crippen LogP contribution in [-0.2, 0) is 6.54 Å². The molecule has 1 fully saturated rings. The van der Waals surface area contributed by atoms with Gasteiger partial charge in [-0.3, -0.25) is 0 Å². The predicted molar refractivity (Wildman–Crippen MR) is 71.7 cm³/mol. The van der Waals surface area contributed by atoms with Crippen LogP contribution in [0.4, 0.5) is 0 Å². The summed E-state index contributed by atoms with van der Waals surface area (Å²) in [7, 11) is 0. The number of nitrogens with zero attached hydrogens (tertiary/aromatic N) is 4. The van der Waals surface area contributed by atoms with Crippen molar-refractivity contribution in [3.63, 3.8) is 0 Å². The topological polar surface area (TPSA) is 55.6 Å². The largest absolute Gasteiger partial charge is 0.307 e. The van der Waals surface area contributed by atoms with Gasteiger partial charge < -0.3 is 5.32 Å². The van der Waals surface area contributed by atoms with Gasteiger partial charge in [0.25, 0.3) is 0 Å². The molecule has 0 spiro atoms. The van der Waals surface area contributed by atoms with Gasteiger partial charge in [0.15, 0.2) is 5.82 Å². The second-order valence-corrected chi connectivity index (χ2v) is 5.55. The van der Waals surface area contributed by atoms with Crippen molar-refractivity contribution >= 4 is 27.5 Å². The van der Waals surface area contributed by atoms with E-state index >= 15 is 0 Å². The molecular weight excluding hydrogens is 318 g/mol. The number of halogens is 2. The molecule has 1 heterocycles. The molecule has 94 valence electrons. The molecule has 3 rings (SSSR count). The number of aromatic nitrogens is 4. The highest BCUT2D eigenvalue weighted by Crippen LogP contribution is 2.25. The first-order chi connectivity index (χ1) is 8.74. The van der Waals surface area contributed by atoms with Gasteiger partial charge in [-0.1, -0.05) is 11.6 Å². The Morgan fingerprint density at radius 1 is 1.44 bits per heavy atom. The van der Waals surface area contributed by atoms with Crippen LogP contribution < -0.4 is 5.32 Å². The van der Waals surface area contributed by atoms with Crippen LogP contribution in [0, 0.1) is 0 Å². The van der Waals surface area contributed by atoms with Gasteiger partial charge in [0.1, 0.15) is 0 Å². The normalized spacial score (nSPS) is 15.0. The fourth-order valence-electron chi connectivity index (χ4n) is 1.67. The van der Waals surface area contributed by atoms with Gasteiger partial charge in [0.05, 0.1) is 12.2 Å². The molecule has 5 nitrogen and oxygen atoms in total. The van der Waals surface area contributed by atoms with Gasteiger partial charge in [0.2, 0.25) is 0 Å². The van der Waals surface area contributed by atoms with Crippen LogP contribution in [0.2, 0.25) is 5.02 Å². The molecule has 2 aromatic rings. The zero-order valence-electron chi connectivity index (χ0n) is 9.48. The van der Waals surface area contributed by atoms with E-state index in [9.17, 15) is 0 Å². The van der Waals surface area contributed by atoms with Crippen molar-refractivity contribution in [3.8, 4) is 5.69 Å². The van der Waals surface area contributed by atoms with Crippen LogP contribution in [0.15, 0.2) is 22.7 Å². The molecule has 7 heteroatoms. The average Bonchev–Trinajstić information content (AvgIpc) is 3.08. The molecule has 1 aromatic heterocycles. The fraction of sp³-hybridized carbons (Fsp3) is 0.364. The van der Waals surface area contributed by atoms with Crippen molar-refractivity contribution in [2.24, 2.45) is 0 Å². The smallest absolute Gasteiger partial charge is 0.170 e. The maximum atomic E-state index is 6.01. The van der Waals surface area contributed by atoms with Gasteiger partial charge in [-0.25, -0.2) is 0 Å². The summed E-state index contributed by atoms with van der Waals surface area (Å²) in [5, 5.41) is 15.8. The van der Waals surface area contributed by atoms with E-state index in [0.29, 0.717) is 17.6 Å².